The molecule has 1 fully saturated rings. The van der Waals surface area contributed by atoms with Gasteiger partial charge in [0, 0.05) is 19.9 Å². The lowest BCUT2D eigenvalue weighted by atomic mass is 9.69. The number of carbonyl (C=O) groups is 1. The van der Waals surface area contributed by atoms with Crippen LogP contribution in [-0.2, 0) is 16.9 Å². The van der Waals surface area contributed by atoms with Crippen LogP contribution in [0, 0.1) is 5.92 Å². The summed E-state index contributed by atoms with van der Waals surface area (Å²) in [6.07, 6.45) is 6.81. The fourth-order valence-corrected chi connectivity index (χ4v) is 4.09. The number of nitrogens with one attached hydrogen (secondary N) is 1. The molecule has 2 unspecified atom stereocenters. The molecule has 1 aromatic carbocycles. The summed E-state index contributed by atoms with van der Waals surface area (Å²) in [4.78, 5) is 15.7. The van der Waals surface area contributed by atoms with Gasteiger partial charge in [-0.25, -0.2) is 0 Å². The summed E-state index contributed by atoms with van der Waals surface area (Å²) in [5, 5.41) is 3.44. The van der Waals surface area contributed by atoms with E-state index in [0.717, 1.165) is 31.4 Å². The number of carbonyl (C=O) groups excluding carboxylic acids is 1. The molecule has 2 aromatic rings. The van der Waals surface area contributed by atoms with Crippen molar-refractivity contribution in [2.24, 2.45) is 11.7 Å². The van der Waals surface area contributed by atoms with E-state index < -0.39 is 11.5 Å². The molecule has 3 N–H and O–H groups in total. The predicted molar refractivity (Wildman–Crippen MR) is 106 cm³/mol. The molecular weight excluding hydrogens is 338 g/mol. The first-order valence-electron chi connectivity index (χ1n) is 9.36. The summed E-state index contributed by atoms with van der Waals surface area (Å²) in [6.45, 7) is 2.94. The fourth-order valence-electron chi connectivity index (χ4n) is 4.09. The number of hydrogen-bond acceptors (Lipinski definition) is 4. The van der Waals surface area contributed by atoms with Crippen LogP contribution in [0.1, 0.15) is 47.8 Å². The van der Waals surface area contributed by atoms with Crippen molar-refractivity contribution >= 4 is 5.91 Å². The third-order valence-electron chi connectivity index (χ3n) is 5.44. The van der Waals surface area contributed by atoms with Crippen molar-refractivity contribution in [3.63, 3.8) is 0 Å². The Bertz CT molecular complexity index is 819. The zero-order valence-corrected chi connectivity index (χ0v) is 15.9. The topological polar surface area (TPSA) is 77.2 Å². The van der Waals surface area contributed by atoms with Crippen molar-refractivity contribution in [2.75, 3.05) is 7.11 Å². The number of pyridine rings is 1. The molecule has 0 saturated heterocycles. The fraction of sp³-hybridized carbons (Fsp3) is 0.364. The maximum absolute atomic E-state index is 11.6. The third-order valence-corrected chi connectivity index (χ3v) is 5.44. The molecular formula is C22H27N3O2. The van der Waals surface area contributed by atoms with Gasteiger partial charge in [0.25, 0.3) is 5.91 Å². The van der Waals surface area contributed by atoms with Crippen LogP contribution < -0.4 is 11.1 Å². The summed E-state index contributed by atoms with van der Waals surface area (Å²) in [7, 11) is 1.73. The summed E-state index contributed by atoms with van der Waals surface area (Å²) in [5.74, 6) is -0.261. The highest BCUT2D eigenvalue weighted by atomic mass is 16.5. The van der Waals surface area contributed by atoms with E-state index in [2.05, 4.69) is 35.6 Å². The van der Waals surface area contributed by atoms with Crippen LogP contribution in [-0.4, -0.2) is 18.0 Å². The second kappa shape index (κ2) is 8.35. The molecule has 1 amide bonds. The maximum Gasteiger partial charge on any atom is 0.267 e. The highest BCUT2D eigenvalue weighted by Crippen LogP contribution is 2.47. The molecule has 1 heterocycles. The lowest BCUT2D eigenvalue weighted by Gasteiger charge is -2.44. The average Bonchev–Trinajstić information content (AvgIpc) is 2.69. The van der Waals surface area contributed by atoms with Crippen LogP contribution in [0.25, 0.3) is 0 Å². The van der Waals surface area contributed by atoms with Crippen LogP contribution in [0.4, 0.5) is 0 Å². The molecule has 0 spiro atoms. The van der Waals surface area contributed by atoms with Gasteiger partial charge in [0.1, 0.15) is 11.3 Å². The minimum absolute atomic E-state index is 0.262. The highest BCUT2D eigenvalue weighted by Gasteiger charge is 2.44. The van der Waals surface area contributed by atoms with Gasteiger partial charge in [0.15, 0.2) is 0 Å². The van der Waals surface area contributed by atoms with Crippen molar-refractivity contribution in [3.05, 3.63) is 77.3 Å². The molecule has 1 aliphatic carbocycles. The zero-order chi connectivity index (χ0) is 19.3. The number of aromatic nitrogens is 1. The Labute approximate surface area is 160 Å². The molecule has 0 radical (unpaired) electrons. The summed E-state index contributed by atoms with van der Waals surface area (Å²) in [6, 6.07) is 14.0. The van der Waals surface area contributed by atoms with Crippen LogP contribution in [0.5, 0.6) is 0 Å². The van der Waals surface area contributed by atoms with Gasteiger partial charge in [0.05, 0.1) is 0 Å². The Morgan fingerprint density at radius 3 is 2.85 bits per heavy atom. The monoisotopic (exact) mass is 365 g/mol. The average molecular weight is 365 g/mol. The Balaban J connectivity index is 1.94. The van der Waals surface area contributed by atoms with E-state index in [0.29, 0.717) is 0 Å². The number of nitrogens with zero attached hydrogens (tertiary/aromatic N) is 1. The number of primary amides is 1. The minimum Gasteiger partial charge on any atom is -0.387 e. The molecule has 1 aliphatic rings. The van der Waals surface area contributed by atoms with Crippen LogP contribution in [0.15, 0.2) is 60.4 Å². The van der Waals surface area contributed by atoms with E-state index in [-0.39, 0.29) is 11.6 Å². The van der Waals surface area contributed by atoms with Crippen molar-refractivity contribution in [1.82, 2.24) is 10.3 Å². The smallest absolute Gasteiger partial charge is 0.267 e. The van der Waals surface area contributed by atoms with Crippen LogP contribution >= 0.6 is 0 Å². The summed E-state index contributed by atoms with van der Waals surface area (Å²) < 4.78 is 6.14. The van der Waals surface area contributed by atoms with E-state index >= 15 is 0 Å². The van der Waals surface area contributed by atoms with E-state index in [1.54, 1.807) is 19.4 Å². The quantitative estimate of drug-likeness (QED) is 0.821. The molecule has 1 aromatic heterocycles. The first-order chi connectivity index (χ1) is 13.1. The van der Waals surface area contributed by atoms with Gasteiger partial charge in [-0.05, 0) is 60.2 Å². The van der Waals surface area contributed by atoms with Crippen molar-refractivity contribution in [1.29, 1.82) is 0 Å². The Hall–Kier alpha value is -2.66. The molecule has 1 saturated carbocycles. The molecule has 5 nitrogen and oxygen atoms in total. The van der Waals surface area contributed by atoms with Crippen molar-refractivity contribution in [2.45, 2.75) is 38.3 Å². The van der Waals surface area contributed by atoms with Crippen molar-refractivity contribution in [3.8, 4) is 0 Å². The predicted octanol–water partition coefficient (Wildman–Crippen LogP) is 3.52. The normalized spacial score (nSPS) is 23.9. The Kier molecular flexibility index (Phi) is 5.91. The van der Waals surface area contributed by atoms with Gasteiger partial charge in [-0.1, -0.05) is 37.3 Å². The molecule has 3 rings (SSSR count). The lowest BCUT2D eigenvalue weighted by Crippen LogP contribution is -2.41. The number of hydrogen-bond donors (Lipinski definition) is 2. The summed E-state index contributed by atoms with van der Waals surface area (Å²) in [5.41, 5.74) is 8.45. The van der Waals surface area contributed by atoms with Gasteiger partial charge < -0.3 is 15.8 Å². The van der Waals surface area contributed by atoms with Gasteiger partial charge in [-0.3, -0.25) is 9.78 Å². The molecule has 0 bridgehead atoms. The Morgan fingerprint density at radius 2 is 2.15 bits per heavy atom. The standard InChI is InChI=1S/C22H27N3O2/c1-16-7-6-10-19(15-24-14-17-8-4-3-5-9-17)22(16,27-2)18-11-12-25-20(13-18)21(23)26/h3-5,8-9,11-13,15-16,24H,6-7,10,14H2,1-2H3,(H2,23,26)/b19-15+. The SMILES string of the molecule is COC1(c2ccnc(C(N)=O)c2)/C(=C/NCc2ccccc2)CCCC1C. The van der Waals surface area contributed by atoms with E-state index in [4.69, 9.17) is 10.5 Å². The van der Waals surface area contributed by atoms with Gasteiger partial charge in [0.2, 0.25) is 0 Å². The molecule has 0 aliphatic heterocycles. The van der Waals surface area contributed by atoms with E-state index in [1.807, 2.05) is 24.3 Å². The van der Waals surface area contributed by atoms with Crippen LogP contribution in [0.2, 0.25) is 0 Å². The van der Waals surface area contributed by atoms with E-state index in [9.17, 15) is 4.79 Å². The zero-order valence-electron chi connectivity index (χ0n) is 15.9. The largest absolute Gasteiger partial charge is 0.387 e. The van der Waals surface area contributed by atoms with Gasteiger partial charge in [-0.2, -0.15) is 0 Å². The maximum atomic E-state index is 11.6. The first kappa shape index (κ1) is 19.1. The first-order valence-corrected chi connectivity index (χ1v) is 9.36. The summed E-state index contributed by atoms with van der Waals surface area (Å²) >= 11 is 0. The third kappa shape index (κ3) is 3.88. The number of rotatable bonds is 6. The highest BCUT2D eigenvalue weighted by molar-refractivity contribution is 5.90. The number of amides is 1. The minimum atomic E-state index is -0.588. The number of nitrogens with two attached hydrogens (primary N) is 1. The number of methoxy groups -OCH3 is 1. The van der Waals surface area contributed by atoms with Crippen molar-refractivity contribution < 1.29 is 9.53 Å². The van der Waals surface area contributed by atoms with Crippen LogP contribution in [0.3, 0.4) is 0 Å². The number of benzene rings is 1. The molecule has 142 valence electrons. The second-order valence-electron chi connectivity index (χ2n) is 7.06. The van der Waals surface area contributed by atoms with Gasteiger partial charge >= 0.3 is 0 Å². The van der Waals surface area contributed by atoms with Gasteiger partial charge in [-0.15, -0.1) is 0 Å². The second-order valence-corrected chi connectivity index (χ2v) is 7.06. The Morgan fingerprint density at radius 1 is 1.37 bits per heavy atom. The molecule has 27 heavy (non-hydrogen) atoms. The lowest BCUT2D eigenvalue weighted by molar-refractivity contribution is -0.0434. The number of ether oxygens (including phenoxy) is 1. The molecule has 2 atom stereocenters. The molecule has 5 heteroatoms. The van der Waals surface area contributed by atoms with E-state index in [1.165, 1.54) is 11.1 Å².